The van der Waals surface area contributed by atoms with Gasteiger partial charge in [-0.15, -0.1) is 11.6 Å². The van der Waals surface area contributed by atoms with Crippen molar-refractivity contribution in [3.8, 4) is 0 Å². The summed E-state index contributed by atoms with van der Waals surface area (Å²) in [6.45, 7) is 0. The van der Waals surface area contributed by atoms with Crippen LogP contribution in [0.4, 0.5) is 45.2 Å². The molecule has 1 aromatic carbocycles. The zero-order valence-electron chi connectivity index (χ0n) is 10.9. The highest BCUT2D eigenvalue weighted by Crippen LogP contribution is 2.66. The van der Waals surface area contributed by atoms with E-state index in [9.17, 15) is 49.6 Å². The van der Waals surface area contributed by atoms with E-state index in [-0.39, 0.29) is 0 Å². The van der Waals surface area contributed by atoms with E-state index in [0.717, 1.165) is 0 Å². The third-order valence-corrected chi connectivity index (χ3v) is 3.70. The lowest BCUT2D eigenvalue weighted by Gasteiger charge is -2.41. The molecule has 0 aromatic heterocycles. The Kier molecular flexibility index (Phi) is 5.06. The molecule has 0 aliphatic rings. The summed E-state index contributed by atoms with van der Waals surface area (Å²) in [6.07, 6.45) is -20.5. The molecule has 1 rings (SSSR count). The first kappa shape index (κ1) is 20.3. The summed E-state index contributed by atoms with van der Waals surface area (Å²) in [5.41, 5.74) is -8.22. The van der Waals surface area contributed by atoms with E-state index < -0.39 is 45.5 Å². The van der Waals surface area contributed by atoms with Crippen LogP contribution in [0.15, 0.2) is 24.3 Å². The number of nitro benzene ring substituents is 1. The summed E-state index contributed by atoms with van der Waals surface area (Å²) < 4.78 is 116. The first-order valence-corrected chi connectivity index (χ1v) is 6.09. The second-order valence-corrected chi connectivity index (χ2v) is 4.95. The van der Waals surface area contributed by atoms with Crippen LogP contribution in [0.25, 0.3) is 0 Å². The van der Waals surface area contributed by atoms with Crippen LogP contribution in [0.1, 0.15) is 10.9 Å². The van der Waals surface area contributed by atoms with Crippen molar-refractivity contribution in [3.05, 3.63) is 39.9 Å². The smallest absolute Gasteiger partial charge is 0.258 e. The van der Waals surface area contributed by atoms with Crippen LogP contribution < -0.4 is 0 Å². The summed E-state index contributed by atoms with van der Waals surface area (Å²) >= 11 is 4.99. The SMILES string of the molecule is O=[N+]([O-])c1ccc(C(Cl)C(C(F)(F)F)(C(F)(F)F)C(F)(F)F)cc1. The maximum atomic E-state index is 12.9. The zero-order chi connectivity index (χ0) is 19.1. The van der Waals surface area contributed by atoms with Crippen LogP contribution >= 0.6 is 11.6 Å². The van der Waals surface area contributed by atoms with Crippen molar-refractivity contribution < 1.29 is 44.4 Å². The number of halogens is 10. The Hall–Kier alpha value is -1.72. The molecule has 0 amide bonds. The Morgan fingerprint density at radius 2 is 1.17 bits per heavy atom. The third-order valence-electron chi connectivity index (χ3n) is 3.12. The molecule has 0 fully saturated rings. The molecule has 0 heterocycles. The van der Waals surface area contributed by atoms with Gasteiger partial charge in [0.05, 0.1) is 10.3 Å². The molecule has 1 unspecified atom stereocenters. The van der Waals surface area contributed by atoms with Crippen molar-refractivity contribution >= 4 is 17.3 Å². The predicted octanol–water partition coefficient (Wildman–Crippen LogP) is 5.55. The van der Waals surface area contributed by atoms with Crippen LogP contribution in [-0.2, 0) is 0 Å². The highest BCUT2D eigenvalue weighted by Gasteiger charge is 2.86. The molecule has 0 saturated heterocycles. The minimum absolute atomic E-state index is 0.299. The normalized spacial score (nSPS) is 15.2. The summed E-state index contributed by atoms with van der Waals surface area (Å²) in [5, 5.41) is 6.75. The van der Waals surface area contributed by atoms with Crippen LogP contribution in [0.5, 0.6) is 0 Å². The van der Waals surface area contributed by atoms with Gasteiger partial charge in [-0.3, -0.25) is 10.1 Å². The Morgan fingerprint density at radius 1 is 0.833 bits per heavy atom. The largest absolute Gasteiger partial charge is 0.413 e. The van der Waals surface area contributed by atoms with E-state index >= 15 is 0 Å². The molecule has 0 spiro atoms. The zero-order valence-corrected chi connectivity index (χ0v) is 11.7. The molecule has 13 heteroatoms. The van der Waals surface area contributed by atoms with Crippen LogP contribution in [0.3, 0.4) is 0 Å². The van der Waals surface area contributed by atoms with Gasteiger partial charge in [-0.2, -0.15) is 39.5 Å². The van der Waals surface area contributed by atoms with E-state index in [1.165, 1.54) is 0 Å². The molecule has 1 atom stereocenters. The monoisotopic (exact) mass is 389 g/mol. The van der Waals surface area contributed by atoms with Crippen molar-refractivity contribution in [1.29, 1.82) is 0 Å². The number of nitro groups is 1. The molecule has 1 aromatic rings. The van der Waals surface area contributed by atoms with E-state index in [1.807, 2.05) is 0 Å². The molecule has 0 saturated carbocycles. The first-order valence-electron chi connectivity index (χ1n) is 5.66. The van der Waals surface area contributed by atoms with Crippen molar-refractivity contribution in [2.24, 2.45) is 5.41 Å². The van der Waals surface area contributed by atoms with Gasteiger partial charge in [-0.25, -0.2) is 0 Å². The Morgan fingerprint density at radius 3 is 1.42 bits per heavy atom. The summed E-state index contributed by atoms with van der Waals surface area (Å²) in [5.74, 6) is 0. The van der Waals surface area contributed by atoms with E-state index in [4.69, 9.17) is 11.6 Å². The maximum Gasteiger partial charge on any atom is 0.413 e. The summed E-state index contributed by atoms with van der Waals surface area (Å²) in [7, 11) is 0. The van der Waals surface area contributed by atoms with Crippen molar-refractivity contribution in [2.45, 2.75) is 23.9 Å². The third kappa shape index (κ3) is 3.10. The van der Waals surface area contributed by atoms with Crippen LogP contribution in [0, 0.1) is 15.5 Å². The van der Waals surface area contributed by atoms with Gasteiger partial charge in [0.1, 0.15) is 0 Å². The molecule has 3 nitrogen and oxygen atoms in total. The lowest BCUT2D eigenvalue weighted by molar-refractivity contribution is -0.428. The Labute approximate surface area is 132 Å². The molecule has 0 bridgehead atoms. The summed E-state index contributed by atoms with van der Waals surface area (Å²) in [4.78, 5) is 9.35. The van der Waals surface area contributed by atoms with E-state index in [0.29, 0.717) is 24.3 Å². The fourth-order valence-corrected chi connectivity index (χ4v) is 2.44. The number of hydrogen-bond acceptors (Lipinski definition) is 2. The number of alkyl halides is 10. The predicted molar refractivity (Wildman–Crippen MR) is 62.3 cm³/mol. The molecular weight excluding hydrogens is 385 g/mol. The second-order valence-electron chi connectivity index (χ2n) is 4.51. The molecule has 0 radical (unpaired) electrons. The van der Waals surface area contributed by atoms with Gasteiger partial charge in [-0.05, 0) is 5.56 Å². The van der Waals surface area contributed by atoms with Crippen molar-refractivity contribution in [1.82, 2.24) is 0 Å². The fourth-order valence-electron chi connectivity index (χ4n) is 1.93. The topological polar surface area (TPSA) is 43.1 Å². The van der Waals surface area contributed by atoms with Gasteiger partial charge in [0, 0.05) is 12.1 Å². The first-order chi connectivity index (χ1) is 10.6. The Balaban J connectivity index is 3.63. The standard InChI is InChI=1S/C11H5ClF9NO2/c12-7(5-1-3-6(4-2-5)22(23)24)8(9(13,14)15,10(16,17)18)11(19,20)21/h1-4,7H. The Bertz CT molecular complexity index is 570. The van der Waals surface area contributed by atoms with E-state index in [2.05, 4.69) is 0 Å². The highest BCUT2D eigenvalue weighted by molar-refractivity contribution is 6.21. The lowest BCUT2D eigenvalue weighted by Crippen LogP contribution is -2.61. The number of non-ortho nitro benzene ring substituents is 1. The number of rotatable bonds is 3. The number of hydrogen-bond donors (Lipinski definition) is 0. The maximum absolute atomic E-state index is 12.9. The molecule has 24 heavy (non-hydrogen) atoms. The van der Waals surface area contributed by atoms with E-state index in [1.54, 1.807) is 0 Å². The minimum Gasteiger partial charge on any atom is -0.258 e. The van der Waals surface area contributed by atoms with Crippen molar-refractivity contribution in [3.63, 3.8) is 0 Å². The van der Waals surface area contributed by atoms with Gasteiger partial charge in [0.15, 0.2) is 0 Å². The average molecular weight is 390 g/mol. The van der Waals surface area contributed by atoms with Crippen molar-refractivity contribution in [2.75, 3.05) is 0 Å². The second kappa shape index (κ2) is 5.97. The van der Waals surface area contributed by atoms with Gasteiger partial charge in [-0.1, -0.05) is 12.1 Å². The molecule has 136 valence electrons. The fraction of sp³-hybridized carbons (Fsp3) is 0.455. The van der Waals surface area contributed by atoms with Gasteiger partial charge < -0.3 is 0 Å². The molecular formula is C11H5ClF9NO2. The quantitative estimate of drug-likeness (QED) is 0.294. The molecule has 0 aliphatic heterocycles. The van der Waals surface area contributed by atoms with Gasteiger partial charge >= 0.3 is 18.5 Å². The minimum atomic E-state index is -6.82. The number of benzene rings is 1. The molecule has 0 aliphatic carbocycles. The van der Waals surface area contributed by atoms with Crippen LogP contribution in [-0.4, -0.2) is 23.5 Å². The number of nitrogens with zero attached hydrogens (tertiary/aromatic N) is 1. The van der Waals surface area contributed by atoms with Crippen LogP contribution in [0.2, 0.25) is 0 Å². The molecule has 0 N–H and O–H groups in total. The summed E-state index contributed by atoms with van der Waals surface area (Å²) in [6, 6.07) is 1.48. The van der Waals surface area contributed by atoms with Gasteiger partial charge in [0.25, 0.3) is 11.1 Å². The lowest BCUT2D eigenvalue weighted by atomic mass is 9.78. The van der Waals surface area contributed by atoms with Gasteiger partial charge in [0.2, 0.25) is 0 Å². The average Bonchev–Trinajstić information content (AvgIpc) is 2.33. The highest BCUT2D eigenvalue weighted by atomic mass is 35.5.